The lowest BCUT2D eigenvalue weighted by Gasteiger charge is -2.04. The highest BCUT2D eigenvalue weighted by atomic mass is 16.5. The number of hydrogen-bond acceptors (Lipinski definition) is 4. The van der Waals surface area contributed by atoms with E-state index in [4.69, 9.17) is 10.00 Å². The molecule has 6 heteroatoms. The zero-order valence-electron chi connectivity index (χ0n) is 8.71. The van der Waals surface area contributed by atoms with Crippen molar-refractivity contribution in [2.75, 3.05) is 26.3 Å². The van der Waals surface area contributed by atoms with Gasteiger partial charge in [-0.25, -0.2) is 0 Å². The van der Waals surface area contributed by atoms with Gasteiger partial charge in [-0.05, 0) is 13.3 Å². The maximum absolute atomic E-state index is 11.0. The van der Waals surface area contributed by atoms with Crippen LogP contribution in [0.4, 0.5) is 0 Å². The van der Waals surface area contributed by atoms with Crippen LogP contribution in [0, 0.1) is 11.3 Å². The zero-order valence-corrected chi connectivity index (χ0v) is 8.71. The third-order valence-electron chi connectivity index (χ3n) is 1.49. The number of carbonyl (C=O) groups is 2. The maximum atomic E-state index is 11.0. The van der Waals surface area contributed by atoms with Crippen molar-refractivity contribution in [2.24, 2.45) is 0 Å². The molecular weight excluding hydrogens is 198 g/mol. The van der Waals surface area contributed by atoms with Crippen molar-refractivity contribution in [3.05, 3.63) is 0 Å². The second kappa shape index (κ2) is 8.97. The van der Waals surface area contributed by atoms with E-state index in [0.717, 1.165) is 0 Å². The molecule has 15 heavy (non-hydrogen) atoms. The molecule has 2 N–H and O–H groups in total. The van der Waals surface area contributed by atoms with Crippen molar-refractivity contribution in [3.63, 3.8) is 0 Å². The quantitative estimate of drug-likeness (QED) is 0.342. The molecule has 0 aromatic rings. The van der Waals surface area contributed by atoms with Crippen LogP contribution in [0.3, 0.4) is 0 Å². The maximum Gasteiger partial charge on any atom is 0.310 e. The van der Waals surface area contributed by atoms with Crippen LogP contribution < -0.4 is 10.6 Å². The molecule has 0 bridgehead atoms. The highest BCUT2D eigenvalue weighted by Crippen LogP contribution is 1.80. The second-order valence-corrected chi connectivity index (χ2v) is 2.65. The molecule has 0 aliphatic heterocycles. The summed E-state index contributed by atoms with van der Waals surface area (Å²) in [4.78, 5) is 21.9. The van der Waals surface area contributed by atoms with E-state index >= 15 is 0 Å². The molecule has 0 saturated heterocycles. The lowest BCUT2D eigenvalue weighted by atomic mass is 10.4. The van der Waals surface area contributed by atoms with Gasteiger partial charge in [0.2, 0.25) is 0 Å². The summed E-state index contributed by atoms with van der Waals surface area (Å²) in [5, 5.41) is 12.7. The molecule has 0 rings (SSSR count). The van der Waals surface area contributed by atoms with Gasteiger partial charge < -0.3 is 15.4 Å². The zero-order chi connectivity index (χ0) is 11.5. The second-order valence-electron chi connectivity index (χ2n) is 2.65. The Morgan fingerprint density at radius 1 is 1.33 bits per heavy atom. The molecule has 0 radical (unpaired) electrons. The van der Waals surface area contributed by atoms with Crippen LogP contribution in [-0.2, 0) is 14.3 Å². The van der Waals surface area contributed by atoms with Crippen molar-refractivity contribution < 1.29 is 14.3 Å². The number of ether oxygens (including phenoxy) is 1. The lowest BCUT2D eigenvalue weighted by Crippen LogP contribution is -2.40. The number of hydrogen-bond donors (Lipinski definition) is 2. The Balaban J connectivity index is 3.48. The minimum Gasteiger partial charge on any atom is -0.382 e. The standard InChI is InChI=1S/C9H15N3O3/c1-2-15-7-3-5-11-8(13)9(14)12-6-4-10/h2-3,5-7H2,1H3,(H,11,13)(H,12,14). The normalized spacial score (nSPS) is 9.07. The summed E-state index contributed by atoms with van der Waals surface area (Å²) in [5.74, 6) is -1.50. The van der Waals surface area contributed by atoms with Crippen LogP contribution in [0.15, 0.2) is 0 Å². The van der Waals surface area contributed by atoms with Gasteiger partial charge in [-0.2, -0.15) is 5.26 Å². The van der Waals surface area contributed by atoms with E-state index < -0.39 is 11.8 Å². The summed E-state index contributed by atoms with van der Waals surface area (Å²) in [6, 6.07) is 1.71. The fourth-order valence-electron chi connectivity index (χ4n) is 0.801. The molecule has 0 heterocycles. The van der Waals surface area contributed by atoms with Gasteiger partial charge in [0.1, 0.15) is 6.54 Å². The largest absolute Gasteiger partial charge is 0.382 e. The number of nitrogens with one attached hydrogen (secondary N) is 2. The van der Waals surface area contributed by atoms with Gasteiger partial charge in [0.25, 0.3) is 0 Å². The molecule has 0 atom stereocenters. The van der Waals surface area contributed by atoms with Gasteiger partial charge in [-0.15, -0.1) is 0 Å². The molecule has 0 fully saturated rings. The van der Waals surface area contributed by atoms with E-state index in [-0.39, 0.29) is 6.54 Å². The molecule has 0 aliphatic rings. The average molecular weight is 213 g/mol. The summed E-state index contributed by atoms with van der Waals surface area (Å²) in [5.41, 5.74) is 0. The summed E-state index contributed by atoms with van der Waals surface area (Å²) in [6.45, 7) is 3.30. The fourth-order valence-corrected chi connectivity index (χ4v) is 0.801. The summed E-state index contributed by atoms with van der Waals surface area (Å²) in [6.07, 6.45) is 0.658. The first-order chi connectivity index (χ1) is 7.22. The van der Waals surface area contributed by atoms with E-state index in [9.17, 15) is 9.59 Å². The van der Waals surface area contributed by atoms with E-state index in [2.05, 4.69) is 10.6 Å². The Hall–Kier alpha value is -1.61. The Labute approximate surface area is 88.6 Å². The van der Waals surface area contributed by atoms with Crippen LogP contribution in [-0.4, -0.2) is 38.1 Å². The average Bonchev–Trinajstić information content (AvgIpc) is 2.25. The van der Waals surface area contributed by atoms with Crippen LogP contribution in [0.1, 0.15) is 13.3 Å². The number of carbonyl (C=O) groups excluding carboxylic acids is 2. The highest BCUT2D eigenvalue weighted by Gasteiger charge is 2.10. The van der Waals surface area contributed by atoms with Gasteiger partial charge in [0.15, 0.2) is 0 Å². The number of rotatable bonds is 6. The molecule has 0 aromatic heterocycles. The summed E-state index contributed by atoms with van der Waals surface area (Å²) < 4.78 is 5.05. The first-order valence-corrected chi connectivity index (χ1v) is 4.73. The number of nitriles is 1. The van der Waals surface area contributed by atoms with Gasteiger partial charge in [0.05, 0.1) is 6.07 Å². The Bertz CT molecular complexity index is 247. The Morgan fingerprint density at radius 2 is 2.00 bits per heavy atom. The molecular formula is C9H15N3O3. The van der Waals surface area contributed by atoms with Crippen molar-refractivity contribution in [1.29, 1.82) is 5.26 Å². The van der Waals surface area contributed by atoms with E-state index in [0.29, 0.717) is 26.2 Å². The number of amides is 2. The van der Waals surface area contributed by atoms with Gasteiger partial charge >= 0.3 is 11.8 Å². The summed E-state index contributed by atoms with van der Waals surface area (Å²) in [7, 11) is 0. The highest BCUT2D eigenvalue weighted by molar-refractivity contribution is 6.35. The molecule has 0 aliphatic carbocycles. The number of nitrogens with zero attached hydrogens (tertiary/aromatic N) is 1. The predicted octanol–water partition coefficient (Wildman–Crippen LogP) is -0.831. The summed E-state index contributed by atoms with van der Waals surface area (Å²) >= 11 is 0. The van der Waals surface area contributed by atoms with Crippen molar-refractivity contribution in [2.45, 2.75) is 13.3 Å². The lowest BCUT2D eigenvalue weighted by molar-refractivity contribution is -0.139. The van der Waals surface area contributed by atoms with Crippen molar-refractivity contribution >= 4 is 11.8 Å². The molecule has 0 aromatic carbocycles. The first-order valence-electron chi connectivity index (χ1n) is 4.73. The third kappa shape index (κ3) is 7.46. The van der Waals surface area contributed by atoms with Gasteiger partial charge in [-0.3, -0.25) is 9.59 Å². The Kier molecular flexibility index (Phi) is 8.00. The smallest absolute Gasteiger partial charge is 0.310 e. The van der Waals surface area contributed by atoms with E-state index in [1.807, 2.05) is 6.92 Å². The molecule has 6 nitrogen and oxygen atoms in total. The minimum atomic E-state index is -0.784. The minimum absolute atomic E-state index is 0.162. The SMILES string of the molecule is CCOCCCNC(=O)C(=O)NCC#N. The van der Waals surface area contributed by atoms with E-state index in [1.165, 1.54) is 0 Å². The van der Waals surface area contributed by atoms with Gasteiger partial charge in [0, 0.05) is 19.8 Å². The monoisotopic (exact) mass is 213 g/mol. The van der Waals surface area contributed by atoms with Crippen LogP contribution >= 0.6 is 0 Å². The Morgan fingerprint density at radius 3 is 2.60 bits per heavy atom. The molecule has 0 spiro atoms. The molecule has 2 amide bonds. The fraction of sp³-hybridized carbons (Fsp3) is 0.667. The topological polar surface area (TPSA) is 91.2 Å². The van der Waals surface area contributed by atoms with Crippen LogP contribution in [0.2, 0.25) is 0 Å². The third-order valence-corrected chi connectivity index (χ3v) is 1.49. The van der Waals surface area contributed by atoms with Gasteiger partial charge in [-0.1, -0.05) is 0 Å². The van der Waals surface area contributed by atoms with Crippen LogP contribution in [0.25, 0.3) is 0 Å². The molecule has 0 unspecified atom stereocenters. The van der Waals surface area contributed by atoms with E-state index in [1.54, 1.807) is 6.07 Å². The predicted molar refractivity (Wildman–Crippen MR) is 52.7 cm³/mol. The van der Waals surface area contributed by atoms with Crippen molar-refractivity contribution in [3.8, 4) is 6.07 Å². The van der Waals surface area contributed by atoms with Crippen molar-refractivity contribution in [1.82, 2.24) is 10.6 Å². The van der Waals surface area contributed by atoms with Crippen LogP contribution in [0.5, 0.6) is 0 Å². The molecule has 0 saturated carbocycles. The first kappa shape index (κ1) is 13.4. The molecule has 84 valence electrons.